The first-order valence-corrected chi connectivity index (χ1v) is 13.2. The predicted octanol–water partition coefficient (Wildman–Crippen LogP) is 5.24. The van der Waals surface area contributed by atoms with Crippen molar-refractivity contribution in [3.05, 3.63) is 93.1 Å². The summed E-state index contributed by atoms with van der Waals surface area (Å²) in [5.41, 5.74) is 4.19. The van der Waals surface area contributed by atoms with Gasteiger partial charge in [-0.1, -0.05) is 48.4 Å². The molecule has 0 unspecified atom stereocenters. The van der Waals surface area contributed by atoms with Gasteiger partial charge in [0.15, 0.2) is 11.6 Å². The number of carbonyl (C=O) groups excluding carboxylic acids is 4. The predicted molar refractivity (Wildman–Crippen MR) is 143 cm³/mol. The highest BCUT2D eigenvalue weighted by Crippen LogP contribution is 2.56. The first-order valence-electron chi connectivity index (χ1n) is 12.9. The Morgan fingerprint density at radius 1 is 1.00 bits per heavy atom. The maximum atomic E-state index is 13.9. The molecule has 192 valence electrons. The van der Waals surface area contributed by atoms with Gasteiger partial charge in [0.1, 0.15) is 5.75 Å². The zero-order chi connectivity index (χ0) is 26.9. The van der Waals surface area contributed by atoms with Crippen molar-refractivity contribution in [1.29, 1.82) is 0 Å². The number of phenols is 1. The smallest absolute Gasteiger partial charge is 0.238 e. The Kier molecular flexibility index (Phi) is 5.76. The molecule has 0 aromatic heterocycles. The van der Waals surface area contributed by atoms with Crippen LogP contribution in [-0.4, -0.2) is 28.5 Å². The Morgan fingerprint density at radius 2 is 1.74 bits per heavy atom. The normalized spacial score (nSPS) is 26.7. The Labute approximate surface area is 225 Å². The number of hydrogen-bond acceptors (Lipinski definition) is 5. The zero-order valence-electron chi connectivity index (χ0n) is 21.0. The molecule has 1 N–H and O–H groups in total. The van der Waals surface area contributed by atoms with Crippen LogP contribution in [0.4, 0.5) is 5.69 Å². The Morgan fingerprint density at radius 3 is 2.42 bits per heavy atom. The van der Waals surface area contributed by atoms with Crippen molar-refractivity contribution in [2.75, 3.05) is 4.90 Å². The number of rotatable bonds is 3. The molecule has 1 heterocycles. The summed E-state index contributed by atoms with van der Waals surface area (Å²) in [6.07, 6.45) is 4.74. The molecular weight excluding hydrogens is 502 g/mol. The monoisotopic (exact) mass is 527 g/mol. The molecular formula is C31H26ClNO5. The number of amides is 2. The maximum Gasteiger partial charge on any atom is 0.238 e. The quantitative estimate of drug-likeness (QED) is 0.335. The molecule has 1 saturated heterocycles. The van der Waals surface area contributed by atoms with Gasteiger partial charge < -0.3 is 5.11 Å². The minimum atomic E-state index is -0.643. The van der Waals surface area contributed by atoms with Crippen molar-refractivity contribution in [3.8, 4) is 5.75 Å². The molecule has 1 aliphatic heterocycles. The van der Waals surface area contributed by atoms with Gasteiger partial charge in [-0.2, -0.15) is 0 Å². The first kappa shape index (κ1) is 24.6. The standard InChI is InChI=1S/C31H26ClNO5/c1-3-16-4-6-17(7-5-16)33-30(37)21-11-10-19-22(27(21)31(33)38)14-23-25(35)12-15(2)29(36)28(23)26(19)20-9-8-18(34)13-24(20)32/h4-10,12-13,21-22,26-27,34H,3,11,14H2,1-2H3/t21-,22+,26+,27-/m0/s1. The van der Waals surface area contributed by atoms with Crippen molar-refractivity contribution in [1.82, 2.24) is 0 Å². The van der Waals surface area contributed by atoms with Crippen LogP contribution in [-0.2, 0) is 25.6 Å². The van der Waals surface area contributed by atoms with Crippen LogP contribution in [0.2, 0.25) is 5.02 Å². The molecule has 2 aromatic carbocycles. The SMILES string of the molecule is CCc1ccc(N2C(=O)[C@H]3[C@H](CC=C4[C@H](c5ccc(O)cc5Cl)C5=C(C[C@H]43)C(=O)C=C(C)C5=O)C2=O)cc1. The molecule has 6 rings (SSSR count). The molecule has 6 nitrogen and oxygen atoms in total. The number of allylic oxidation sites excluding steroid dienone is 6. The third-order valence-electron chi connectivity index (χ3n) is 8.46. The summed E-state index contributed by atoms with van der Waals surface area (Å²) in [5.74, 6) is -3.24. The molecule has 0 spiro atoms. The van der Waals surface area contributed by atoms with Crippen LogP contribution in [0.1, 0.15) is 43.7 Å². The highest BCUT2D eigenvalue weighted by atomic mass is 35.5. The summed E-state index contributed by atoms with van der Waals surface area (Å²) in [7, 11) is 0. The number of Topliss-reactive ketones (excluding diaryl/α,β-unsaturated/α-hetero) is 1. The second-order valence-corrected chi connectivity index (χ2v) is 10.9. The summed E-state index contributed by atoms with van der Waals surface area (Å²) in [6.45, 7) is 3.66. The van der Waals surface area contributed by atoms with Crippen molar-refractivity contribution in [2.24, 2.45) is 17.8 Å². The largest absolute Gasteiger partial charge is 0.508 e. The van der Waals surface area contributed by atoms with Gasteiger partial charge in [-0.15, -0.1) is 0 Å². The van der Waals surface area contributed by atoms with Crippen LogP contribution in [0.5, 0.6) is 5.75 Å². The number of ketones is 2. The number of aryl methyl sites for hydroxylation is 1. The topological polar surface area (TPSA) is 91.8 Å². The fraction of sp³-hybridized carbons (Fsp3) is 0.290. The molecule has 2 aromatic rings. The summed E-state index contributed by atoms with van der Waals surface area (Å²) < 4.78 is 0. The van der Waals surface area contributed by atoms with E-state index in [0.717, 1.165) is 17.6 Å². The van der Waals surface area contributed by atoms with E-state index in [1.54, 1.807) is 25.1 Å². The zero-order valence-corrected chi connectivity index (χ0v) is 21.8. The van der Waals surface area contributed by atoms with Gasteiger partial charge >= 0.3 is 0 Å². The van der Waals surface area contributed by atoms with E-state index < -0.39 is 23.7 Å². The van der Waals surface area contributed by atoms with Crippen LogP contribution in [0.15, 0.2) is 76.9 Å². The van der Waals surface area contributed by atoms with Crippen LogP contribution < -0.4 is 4.90 Å². The van der Waals surface area contributed by atoms with E-state index in [9.17, 15) is 24.3 Å². The van der Waals surface area contributed by atoms with Gasteiger partial charge in [-0.25, -0.2) is 0 Å². The van der Waals surface area contributed by atoms with Gasteiger partial charge in [0, 0.05) is 27.7 Å². The molecule has 7 heteroatoms. The third-order valence-corrected chi connectivity index (χ3v) is 8.79. The van der Waals surface area contributed by atoms with Gasteiger partial charge in [0.05, 0.1) is 17.5 Å². The molecule has 4 atom stereocenters. The van der Waals surface area contributed by atoms with Gasteiger partial charge in [-0.05, 0) is 73.6 Å². The Hall–Kier alpha value is -3.77. The molecule has 0 bridgehead atoms. The van der Waals surface area contributed by atoms with Crippen LogP contribution >= 0.6 is 11.6 Å². The number of fused-ring (bicyclic) bond motifs is 3. The lowest BCUT2D eigenvalue weighted by atomic mass is 9.59. The number of phenolic OH excluding ortho intramolecular Hbond substituents is 1. The number of halogens is 1. The van der Waals surface area contributed by atoms with Crippen LogP contribution in [0.3, 0.4) is 0 Å². The first-order chi connectivity index (χ1) is 18.2. The number of benzene rings is 2. The molecule has 2 amide bonds. The van der Waals surface area contributed by atoms with E-state index in [1.165, 1.54) is 23.1 Å². The van der Waals surface area contributed by atoms with E-state index in [1.807, 2.05) is 25.1 Å². The number of imide groups is 1. The number of carbonyl (C=O) groups is 4. The van der Waals surface area contributed by atoms with E-state index in [4.69, 9.17) is 11.6 Å². The van der Waals surface area contributed by atoms with Crippen molar-refractivity contribution < 1.29 is 24.3 Å². The van der Waals surface area contributed by atoms with E-state index in [2.05, 4.69) is 0 Å². The second-order valence-electron chi connectivity index (χ2n) is 10.5. The molecule has 0 saturated carbocycles. The minimum absolute atomic E-state index is 0.0126. The molecule has 4 aliphatic rings. The van der Waals surface area contributed by atoms with Crippen LogP contribution in [0, 0.1) is 17.8 Å². The lowest BCUT2D eigenvalue weighted by Crippen LogP contribution is -2.39. The number of anilines is 1. The second kappa shape index (κ2) is 8.91. The molecule has 38 heavy (non-hydrogen) atoms. The molecule has 1 fully saturated rings. The lowest BCUT2D eigenvalue weighted by Gasteiger charge is -2.42. The lowest BCUT2D eigenvalue weighted by molar-refractivity contribution is -0.123. The summed E-state index contributed by atoms with van der Waals surface area (Å²) in [4.78, 5) is 55.4. The number of hydrogen-bond donors (Lipinski definition) is 1. The fourth-order valence-electron chi connectivity index (χ4n) is 6.60. The van der Waals surface area contributed by atoms with Crippen molar-refractivity contribution in [2.45, 2.75) is 39.0 Å². The Balaban J connectivity index is 1.47. The highest BCUT2D eigenvalue weighted by molar-refractivity contribution is 6.32. The minimum Gasteiger partial charge on any atom is -0.508 e. The maximum absolute atomic E-state index is 13.9. The highest BCUT2D eigenvalue weighted by Gasteiger charge is 2.56. The average molecular weight is 528 g/mol. The summed E-state index contributed by atoms with van der Waals surface area (Å²) in [6, 6.07) is 12.0. The van der Waals surface area contributed by atoms with Gasteiger partial charge in [-0.3, -0.25) is 24.1 Å². The van der Waals surface area contributed by atoms with Gasteiger partial charge in [0.2, 0.25) is 11.8 Å². The van der Waals surface area contributed by atoms with E-state index in [-0.39, 0.29) is 40.6 Å². The van der Waals surface area contributed by atoms with Crippen molar-refractivity contribution in [3.63, 3.8) is 0 Å². The summed E-state index contributed by atoms with van der Waals surface area (Å²) in [5, 5.41) is 10.2. The van der Waals surface area contributed by atoms with Gasteiger partial charge in [0.25, 0.3) is 0 Å². The molecule has 3 aliphatic carbocycles. The van der Waals surface area contributed by atoms with Crippen LogP contribution in [0.25, 0.3) is 0 Å². The average Bonchev–Trinajstić information content (AvgIpc) is 3.16. The number of aromatic hydroxyl groups is 1. The van der Waals surface area contributed by atoms with Crippen molar-refractivity contribution >= 4 is 40.7 Å². The fourth-order valence-corrected chi connectivity index (χ4v) is 6.89. The van der Waals surface area contributed by atoms with E-state index >= 15 is 0 Å². The molecule has 0 radical (unpaired) electrons. The Bertz CT molecular complexity index is 1530. The van der Waals surface area contributed by atoms with E-state index in [0.29, 0.717) is 34.4 Å². The number of nitrogens with zero attached hydrogens (tertiary/aromatic N) is 1. The summed E-state index contributed by atoms with van der Waals surface area (Å²) >= 11 is 6.59. The third kappa shape index (κ3) is 3.54.